The Morgan fingerprint density at radius 1 is 1.27 bits per heavy atom. The van der Waals surface area contributed by atoms with E-state index in [0.717, 1.165) is 6.07 Å². The number of aliphatic hydroxyl groups excluding tert-OH is 2. The first kappa shape index (κ1) is 27.0. The Morgan fingerprint density at radius 2 is 1.89 bits per heavy atom. The number of amides is 2. The highest BCUT2D eigenvalue weighted by molar-refractivity contribution is 9.09. The first-order valence-corrected chi connectivity index (χ1v) is 12.4. The number of primary amides is 1. The number of alkyl halides is 2. The zero-order valence-electron chi connectivity index (χ0n) is 19.4. The molecule has 0 aliphatic heterocycles. The Hall–Kier alpha value is -3.00. The first-order chi connectivity index (χ1) is 17.1. The van der Waals surface area contributed by atoms with Crippen LogP contribution in [-0.2, 0) is 20.8 Å². The summed E-state index contributed by atoms with van der Waals surface area (Å²) in [5.74, 6) is -11.0. The van der Waals surface area contributed by atoms with Crippen molar-refractivity contribution in [3.8, 4) is 5.75 Å². The number of carbonyl (C=O) groups excluding carboxylic acids is 4. The van der Waals surface area contributed by atoms with Crippen LogP contribution >= 0.6 is 27.5 Å². The molecule has 7 N–H and O–H groups in total. The molecule has 2 unspecified atom stereocenters. The van der Waals surface area contributed by atoms with E-state index in [2.05, 4.69) is 21.2 Å². The van der Waals surface area contributed by atoms with Gasteiger partial charge < -0.3 is 31.5 Å². The smallest absolute Gasteiger partial charge is 0.256 e. The Labute approximate surface area is 222 Å². The van der Waals surface area contributed by atoms with Crippen molar-refractivity contribution in [2.45, 2.75) is 23.4 Å². The molecule has 3 aliphatic carbocycles. The summed E-state index contributed by atoms with van der Waals surface area (Å²) >= 11 is 9.62. The molecule has 0 saturated heterocycles. The van der Waals surface area contributed by atoms with Crippen LogP contribution in [0.25, 0.3) is 0 Å². The van der Waals surface area contributed by atoms with Crippen LogP contribution in [0.1, 0.15) is 22.3 Å². The molecular weight excluding hydrogens is 581 g/mol. The van der Waals surface area contributed by atoms with Crippen LogP contribution in [0.3, 0.4) is 0 Å². The molecule has 2 amide bonds. The molecule has 0 saturated carbocycles. The van der Waals surface area contributed by atoms with E-state index in [0.29, 0.717) is 0 Å². The van der Waals surface area contributed by atoms with Crippen LogP contribution in [0.15, 0.2) is 28.7 Å². The normalized spacial score (nSPS) is 29.2. The predicted octanol–water partition coefficient (Wildman–Crippen LogP) is 1.16. The van der Waals surface area contributed by atoms with E-state index in [4.69, 9.17) is 17.3 Å². The number of carbonyl (C=O) groups is 4. The number of fused-ring (bicyclic) bond motifs is 3. The summed E-state index contributed by atoms with van der Waals surface area (Å²) < 4.78 is 14.8. The molecule has 37 heavy (non-hydrogen) atoms. The number of halogens is 3. The number of nitrogens with one attached hydrogen (secondary N) is 1. The molecule has 0 fully saturated rings. The van der Waals surface area contributed by atoms with Crippen LogP contribution in [0.5, 0.6) is 5.75 Å². The number of anilines is 1. The summed E-state index contributed by atoms with van der Waals surface area (Å²) in [5, 5.41) is 46.3. The number of aromatic hydroxyl groups is 1. The van der Waals surface area contributed by atoms with Gasteiger partial charge in [0, 0.05) is 11.5 Å². The number of hydrogen-bond acceptors (Lipinski definition) is 9. The minimum absolute atomic E-state index is 0.0496. The fraction of sp³-hybridized carbons (Fsp3) is 0.391. The third-order valence-electron chi connectivity index (χ3n) is 7.21. The molecule has 4 atom stereocenters. The molecule has 14 heteroatoms. The third kappa shape index (κ3) is 3.51. The number of rotatable bonds is 4. The summed E-state index contributed by atoms with van der Waals surface area (Å²) in [7, 11) is 2.79. The van der Waals surface area contributed by atoms with Gasteiger partial charge in [-0.1, -0.05) is 27.5 Å². The molecule has 0 aromatic heterocycles. The largest absolute Gasteiger partial charge is 0.508 e. The van der Waals surface area contributed by atoms with E-state index in [-0.39, 0.29) is 23.7 Å². The van der Waals surface area contributed by atoms with Gasteiger partial charge in [0.25, 0.3) is 5.91 Å². The third-order valence-corrected chi connectivity index (χ3v) is 8.50. The van der Waals surface area contributed by atoms with Crippen LogP contribution in [0, 0.1) is 17.7 Å². The molecule has 0 bridgehead atoms. The highest BCUT2D eigenvalue weighted by Crippen LogP contribution is 2.57. The molecule has 0 spiro atoms. The van der Waals surface area contributed by atoms with Gasteiger partial charge in [0.15, 0.2) is 27.9 Å². The number of nitrogens with zero attached hydrogens (tertiary/aromatic N) is 1. The van der Waals surface area contributed by atoms with Crippen LogP contribution in [0.2, 0.25) is 0 Å². The number of phenolic OH excluding ortho intramolecular Hbond substituents is 1. The van der Waals surface area contributed by atoms with E-state index in [1.54, 1.807) is 0 Å². The quantitative estimate of drug-likeness (QED) is 0.127. The number of Topliss-reactive ketones (excluding diaryl/α,β-unsaturated/α-hetero) is 2. The summed E-state index contributed by atoms with van der Waals surface area (Å²) in [4.78, 5) is 49.8. The highest BCUT2D eigenvalue weighted by Gasteiger charge is 2.68. The van der Waals surface area contributed by atoms with Gasteiger partial charge in [-0.25, -0.2) is 4.39 Å². The maximum Gasteiger partial charge on any atom is 0.256 e. The van der Waals surface area contributed by atoms with Gasteiger partial charge in [0.2, 0.25) is 11.7 Å². The van der Waals surface area contributed by atoms with E-state index in [1.807, 2.05) is 0 Å². The summed E-state index contributed by atoms with van der Waals surface area (Å²) in [5.41, 5.74) is -0.202. The molecule has 11 nitrogen and oxygen atoms in total. The van der Waals surface area contributed by atoms with E-state index in [9.17, 15) is 44.0 Å². The molecule has 1 aromatic carbocycles. The number of likely N-dealkylation sites (N-methyl/N-ethyl adjacent to an activating group) is 1. The second-order valence-corrected chi connectivity index (χ2v) is 10.5. The average Bonchev–Trinajstić information content (AvgIpc) is 2.81. The lowest BCUT2D eigenvalue weighted by Gasteiger charge is -2.53. The van der Waals surface area contributed by atoms with Gasteiger partial charge in [0.05, 0.1) is 10.9 Å². The molecule has 4 rings (SSSR count). The maximum atomic E-state index is 14.8. The van der Waals surface area contributed by atoms with Gasteiger partial charge >= 0.3 is 0 Å². The van der Waals surface area contributed by atoms with Gasteiger partial charge in [-0.15, -0.1) is 0 Å². The number of hydrogen-bond donors (Lipinski definition) is 6. The van der Waals surface area contributed by atoms with Crippen LogP contribution in [0.4, 0.5) is 10.1 Å². The van der Waals surface area contributed by atoms with Gasteiger partial charge in [-0.2, -0.15) is 0 Å². The highest BCUT2D eigenvalue weighted by atomic mass is 79.9. The SMILES string of the molecule is CN(C)[C@@]1(Cl)C(O)=C(C(N)=O)C(=O)[C@]2(O)C(O)=C3C(=O)c4c(cc(F)c(NC(=O)CBr)c4O)CC3CC21. The zero-order valence-corrected chi connectivity index (χ0v) is 21.8. The van der Waals surface area contributed by atoms with Crippen molar-refractivity contribution in [2.24, 2.45) is 17.6 Å². The lowest BCUT2D eigenvalue weighted by atomic mass is 9.58. The Bertz CT molecular complexity index is 1360. The van der Waals surface area contributed by atoms with E-state index >= 15 is 0 Å². The second-order valence-electron chi connectivity index (χ2n) is 9.33. The second kappa shape index (κ2) is 8.79. The lowest BCUT2D eigenvalue weighted by molar-refractivity contribution is -0.150. The number of benzene rings is 1. The fourth-order valence-corrected chi connectivity index (χ4v) is 5.98. The van der Waals surface area contributed by atoms with Crippen molar-refractivity contribution in [3.63, 3.8) is 0 Å². The molecule has 198 valence electrons. The lowest BCUT2D eigenvalue weighted by Crippen LogP contribution is -2.67. The number of phenols is 1. The number of nitrogens with two attached hydrogens (primary N) is 1. The van der Waals surface area contributed by atoms with E-state index < -0.39 is 91.3 Å². The number of aliphatic hydroxyl groups is 3. The molecule has 0 radical (unpaired) electrons. The Kier molecular flexibility index (Phi) is 6.43. The zero-order chi connectivity index (χ0) is 27.8. The monoisotopic (exact) mass is 601 g/mol. The van der Waals surface area contributed by atoms with Crippen molar-refractivity contribution in [1.82, 2.24) is 4.90 Å². The van der Waals surface area contributed by atoms with Gasteiger partial charge in [-0.3, -0.25) is 24.1 Å². The van der Waals surface area contributed by atoms with Crippen LogP contribution in [-0.4, -0.2) is 78.7 Å². The molecule has 3 aliphatic rings. The average molecular weight is 603 g/mol. The maximum absolute atomic E-state index is 14.8. The van der Waals surface area contributed by atoms with Crippen molar-refractivity contribution in [1.29, 1.82) is 0 Å². The fourth-order valence-electron chi connectivity index (χ4n) is 5.50. The van der Waals surface area contributed by atoms with Crippen molar-refractivity contribution in [2.75, 3.05) is 24.7 Å². The topological polar surface area (TPSA) is 190 Å². The molecule has 0 heterocycles. The predicted molar refractivity (Wildman–Crippen MR) is 131 cm³/mol. The van der Waals surface area contributed by atoms with Crippen molar-refractivity contribution < 1.29 is 44.0 Å². The number of ketones is 2. The van der Waals surface area contributed by atoms with Gasteiger partial charge in [-0.05, 0) is 44.5 Å². The van der Waals surface area contributed by atoms with Crippen molar-refractivity contribution >= 4 is 56.6 Å². The minimum atomic E-state index is -2.94. The van der Waals surface area contributed by atoms with E-state index in [1.165, 1.54) is 19.0 Å². The summed E-state index contributed by atoms with van der Waals surface area (Å²) in [6.45, 7) is 0. The molecule has 1 aromatic rings. The Morgan fingerprint density at radius 3 is 2.43 bits per heavy atom. The van der Waals surface area contributed by atoms with Gasteiger partial charge in [0.1, 0.15) is 22.8 Å². The summed E-state index contributed by atoms with van der Waals surface area (Å²) in [6.07, 6.45) is -0.402. The summed E-state index contributed by atoms with van der Waals surface area (Å²) in [6, 6.07) is 0.958. The number of allylic oxidation sites excluding steroid dienone is 1. The standard InChI is InChI=1S/C23H22BrClFN3O8/c1-29(2)23(25)10-5-8-3-7-4-9(26)15(28-11(30)6-24)17(32)12(7)16(31)13(8)18(33)22(10,37)19(34)14(20(23)35)21(27)36/h4,8,10,32-33,35,37H,3,5-6H2,1-2H3,(H2,27,36)(H,28,30)/t8?,10?,22-,23-/m1/s1. The molecular formula is C23H22BrClFN3O8. The Balaban J connectivity index is 1.96. The first-order valence-electron chi connectivity index (χ1n) is 10.9. The van der Waals surface area contributed by atoms with Crippen molar-refractivity contribution in [3.05, 3.63) is 45.7 Å². The van der Waals surface area contributed by atoms with Crippen LogP contribution < -0.4 is 11.1 Å². The minimum Gasteiger partial charge on any atom is -0.508 e.